The lowest BCUT2D eigenvalue weighted by Crippen LogP contribution is -2.37. The zero-order valence-corrected chi connectivity index (χ0v) is 40.3. The lowest BCUT2D eigenvalue weighted by molar-refractivity contribution is -0.870. The summed E-state index contributed by atoms with van der Waals surface area (Å²) in [5.74, 6) is -0.816. The summed E-state index contributed by atoms with van der Waals surface area (Å²) in [4.78, 5) is 35.4. The first-order valence-electron chi connectivity index (χ1n) is 24.4. The number of ether oxygens (including phenoxy) is 2. The van der Waals surface area contributed by atoms with E-state index in [4.69, 9.17) is 18.5 Å². The predicted octanol–water partition coefficient (Wildman–Crippen LogP) is 14.2. The van der Waals surface area contributed by atoms with E-state index < -0.39 is 26.5 Å². The Morgan fingerprint density at radius 2 is 0.933 bits per heavy atom. The lowest BCUT2D eigenvalue weighted by atomic mass is 10.0. The number of phosphoric ester groups is 1. The number of nitrogens with zero attached hydrogens (tertiary/aromatic N) is 1. The summed E-state index contributed by atoms with van der Waals surface area (Å²) in [6.07, 6.45) is 50.2. The van der Waals surface area contributed by atoms with E-state index in [1.807, 2.05) is 21.1 Å². The number of likely N-dealkylation sites (N-methyl/N-ethyl adjacent to an activating group) is 1. The fourth-order valence-electron chi connectivity index (χ4n) is 6.49. The van der Waals surface area contributed by atoms with Gasteiger partial charge >= 0.3 is 19.8 Å². The van der Waals surface area contributed by atoms with Crippen molar-refractivity contribution >= 4 is 19.8 Å². The Morgan fingerprint density at radius 1 is 0.517 bits per heavy atom. The van der Waals surface area contributed by atoms with Crippen molar-refractivity contribution in [1.82, 2.24) is 0 Å². The molecule has 0 radical (unpaired) electrons. The number of carbonyl (C=O) groups excluding carboxylic acids is 2. The Hall–Kier alpha value is -2.03. The van der Waals surface area contributed by atoms with Gasteiger partial charge in [0.15, 0.2) is 6.10 Å². The molecule has 0 rings (SSSR count). The van der Waals surface area contributed by atoms with Gasteiger partial charge in [-0.25, -0.2) is 4.57 Å². The van der Waals surface area contributed by atoms with Crippen LogP contribution in [-0.4, -0.2) is 74.9 Å². The van der Waals surface area contributed by atoms with E-state index in [9.17, 15) is 19.0 Å². The maximum absolute atomic E-state index is 12.7. The molecule has 0 saturated heterocycles. The van der Waals surface area contributed by atoms with Crippen LogP contribution < -0.4 is 0 Å². The number of allylic oxidation sites excluding steroid dienone is 8. The van der Waals surface area contributed by atoms with Crippen molar-refractivity contribution in [2.24, 2.45) is 0 Å². The number of carbonyl (C=O) groups is 2. The van der Waals surface area contributed by atoms with E-state index in [1.54, 1.807) is 0 Å². The average Bonchev–Trinajstić information content (AvgIpc) is 3.20. The van der Waals surface area contributed by atoms with Gasteiger partial charge in [-0.15, -0.1) is 0 Å². The molecule has 0 spiro atoms. The lowest BCUT2D eigenvalue weighted by Gasteiger charge is -2.24. The standard InChI is InChI=1S/C50H92NO8P/c1-6-8-10-12-14-16-18-20-21-22-23-24-25-26-27-28-29-31-33-35-37-39-41-43-50(53)59-48(47-58-60(54,55)57-45-44-51(3,4)5)46-56-49(52)42-40-38-36-34-32-30-19-17-15-13-11-9-7-2/h11,13,17-20,22-23,48H,6-10,12,14-16,21,24-47H2,1-5H3/p+1/b13-11-,19-17-,20-18-,23-22-. The quantitative estimate of drug-likeness (QED) is 0.0212. The second kappa shape index (κ2) is 42.3. The van der Waals surface area contributed by atoms with Crippen molar-refractivity contribution < 1.29 is 42.1 Å². The molecule has 0 heterocycles. The van der Waals surface area contributed by atoms with Crippen molar-refractivity contribution in [3.63, 3.8) is 0 Å². The summed E-state index contributed by atoms with van der Waals surface area (Å²) < 4.78 is 34.4. The highest BCUT2D eigenvalue weighted by atomic mass is 31.2. The molecule has 9 nitrogen and oxygen atoms in total. The van der Waals surface area contributed by atoms with E-state index in [0.717, 1.165) is 77.0 Å². The van der Waals surface area contributed by atoms with Crippen LogP contribution in [0.3, 0.4) is 0 Å². The Balaban J connectivity index is 4.25. The normalized spacial score (nSPS) is 13.9. The first-order chi connectivity index (χ1) is 29.0. The number of unbranched alkanes of at least 4 members (excludes halogenated alkanes) is 22. The minimum atomic E-state index is -4.38. The van der Waals surface area contributed by atoms with Gasteiger partial charge in [0, 0.05) is 12.8 Å². The zero-order chi connectivity index (χ0) is 44.3. The van der Waals surface area contributed by atoms with Crippen LogP contribution in [0.5, 0.6) is 0 Å². The summed E-state index contributed by atoms with van der Waals surface area (Å²) >= 11 is 0. The Bertz CT molecular complexity index is 1160. The molecule has 350 valence electrons. The topological polar surface area (TPSA) is 108 Å². The molecule has 0 bridgehead atoms. The van der Waals surface area contributed by atoms with Gasteiger partial charge in [-0.3, -0.25) is 18.6 Å². The van der Waals surface area contributed by atoms with Crippen LogP contribution in [0.4, 0.5) is 0 Å². The summed E-state index contributed by atoms with van der Waals surface area (Å²) in [5, 5.41) is 0. The van der Waals surface area contributed by atoms with Gasteiger partial charge in [0.05, 0.1) is 27.7 Å². The number of esters is 2. The third kappa shape index (κ3) is 45.5. The van der Waals surface area contributed by atoms with Crippen molar-refractivity contribution in [1.29, 1.82) is 0 Å². The molecule has 0 fully saturated rings. The van der Waals surface area contributed by atoms with Crippen molar-refractivity contribution in [3.05, 3.63) is 48.6 Å². The molecule has 10 heteroatoms. The number of hydrogen-bond donors (Lipinski definition) is 1. The predicted molar refractivity (Wildman–Crippen MR) is 252 cm³/mol. The Labute approximate surface area is 369 Å². The number of quaternary nitrogens is 1. The SMILES string of the molecule is CCC/C=C\C/C=C\CCCCCCCC(=O)OCC(COP(=O)(O)OCC[N+](C)(C)C)OC(=O)CCCCCCCCCCCCC/C=C\C/C=C\CCCCCCC. The summed E-state index contributed by atoms with van der Waals surface area (Å²) in [6.45, 7) is 4.34. The van der Waals surface area contributed by atoms with Crippen LogP contribution in [0.1, 0.15) is 206 Å². The van der Waals surface area contributed by atoms with Gasteiger partial charge in [0.25, 0.3) is 0 Å². The van der Waals surface area contributed by atoms with Crippen LogP contribution in [-0.2, 0) is 32.7 Å². The van der Waals surface area contributed by atoms with Crippen LogP contribution in [0.2, 0.25) is 0 Å². The smallest absolute Gasteiger partial charge is 0.462 e. The third-order valence-electron chi connectivity index (χ3n) is 10.3. The van der Waals surface area contributed by atoms with E-state index in [0.29, 0.717) is 17.4 Å². The summed E-state index contributed by atoms with van der Waals surface area (Å²) in [7, 11) is 1.46. The van der Waals surface area contributed by atoms with Gasteiger partial charge in [-0.2, -0.15) is 0 Å². The molecule has 60 heavy (non-hydrogen) atoms. The Morgan fingerprint density at radius 3 is 1.38 bits per heavy atom. The third-order valence-corrected chi connectivity index (χ3v) is 11.3. The second-order valence-electron chi connectivity index (χ2n) is 17.5. The van der Waals surface area contributed by atoms with Gasteiger partial charge in [0.2, 0.25) is 0 Å². The maximum atomic E-state index is 12.7. The molecule has 0 aliphatic heterocycles. The van der Waals surface area contributed by atoms with Crippen molar-refractivity contribution in [2.45, 2.75) is 213 Å². The average molecular weight is 867 g/mol. The summed E-state index contributed by atoms with van der Waals surface area (Å²) in [5.41, 5.74) is 0. The van der Waals surface area contributed by atoms with Crippen molar-refractivity contribution in [2.75, 3.05) is 47.5 Å². The highest BCUT2D eigenvalue weighted by Crippen LogP contribution is 2.43. The van der Waals surface area contributed by atoms with Crippen LogP contribution in [0.25, 0.3) is 0 Å². The molecule has 0 aliphatic rings. The molecule has 0 aliphatic carbocycles. The largest absolute Gasteiger partial charge is 0.472 e. The van der Waals surface area contributed by atoms with E-state index in [1.165, 1.54) is 96.3 Å². The molecule has 1 N–H and O–H groups in total. The van der Waals surface area contributed by atoms with Gasteiger partial charge < -0.3 is 18.9 Å². The van der Waals surface area contributed by atoms with Crippen LogP contribution >= 0.6 is 7.82 Å². The monoisotopic (exact) mass is 867 g/mol. The molecule has 0 aromatic rings. The van der Waals surface area contributed by atoms with Gasteiger partial charge in [0.1, 0.15) is 19.8 Å². The van der Waals surface area contributed by atoms with Gasteiger partial charge in [-0.1, -0.05) is 172 Å². The van der Waals surface area contributed by atoms with Crippen LogP contribution in [0, 0.1) is 0 Å². The molecule has 2 atom stereocenters. The minimum absolute atomic E-state index is 0.0279. The number of hydrogen-bond acceptors (Lipinski definition) is 7. The first kappa shape index (κ1) is 58.0. The second-order valence-corrected chi connectivity index (χ2v) is 18.9. The molecule has 0 aromatic carbocycles. The first-order valence-corrected chi connectivity index (χ1v) is 25.9. The molecular weight excluding hydrogens is 774 g/mol. The number of phosphoric acid groups is 1. The Kier molecular flexibility index (Phi) is 40.8. The fourth-order valence-corrected chi connectivity index (χ4v) is 7.24. The molecule has 2 unspecified atom stereocenters. The minimum Gasteiger partial charge on any atom is -0.462 e. The number of rotatable bonds is 44. The summed E-state index contributed by atoms with van der Waals surface area (Å²) in [6, 6.07) is 0. The highest BCUT2D eigenvalue weighted by Gasteiger charge is 2.27. The van der Waals surface area contributed by atoms with Crippen molar-refractivity contribution in [3.8, 4) is 0 Å². The van der Waals surface area contributed by atoms with E-state index >= 15 is 0 Å². The fraction of sp³-hybridized carbons (Fsp3) is 0.800. The maximum Gasteiger partial charge on any atom is 0.472 e. The zero-order valence-electron chi connectivity index (χ0n) is 39.4. The van der Waals surface area contributed by atoms with Crippen LogP contribution in [0.15, 0.2) is 48.6 Å². The molecular formula is C50H93NO8P+. The molecule has 0 amide bonds. The van der Waals surface area contributed by atoms with Gasteiger partial charge in [-0.05, 0) is 70.6 Å². The highest BCUT2D eigenvalue weighted by molar-refractivity contribution is 7.47. The molecule has 0 aromatic heterocycles. The van der Waals surface area contributed by atoms with E-state index in [-0.39, 0.29) is 32.0 Å². The van der Waals surface area contributed by atoms with E-state index in [2.05, 4.69) is 62.5 Å². The molecule has 0 saturated carbocycles.